The van der Waals surface area contributed by atoms with Crippen molar-refractivity contribution in [2.75, 3.05) is 51.3 Å². The van der Waals surface area contributed by atoms with Gasteiger partial charge in [0.25, 0.3) is 5.91 Å². The van der Waals surface area contributed by atoms with E-state index in [9.17, 15) is 18.4 Å². The zero-order valence-corrected chi connectivity index (χ0v) is 25.1. The second kappa shape index (κ2) is 12.3. The molecule has 43 heavy (non-hydrogen) atoms. The fourth-order valence-corrected chi connectivity index (χ4v) is 5.24. The van der Waals surface area contributed by atoms with Crippen LogP contribution in [-0.4, -0.2) is 89.9 Å². The first-order chi connectivity index (χ1) is 20.4. The van der Waals surface area contributed by atoms with Crippen molar-refractivity contribution < 1.29 is 32.6 Å². The van der Waals surface area contributed by atoms with Crippen LogP contribution in [-0.2, 0) is 9.47 Å². The summed E-state index contributed by atoms with van der Waals surface area (Å²) < 4.78 is 44.4. The molecule has 5 rings (SSSR count). The van der Waals surface area contributed by atoms with E-state index in [-0.39, 0.29) is 17.7 Å². The van der Waals surface area contributed by atoms with Crippen LogP contribution in [0.4, 0.5) is 19.4 Å². The largest absolute Gasteiger partial charge is 0.486 e. The highest BCUT2D eigenvalue weighted by Crippen LogP contribution is 2.31. The molecule has 2 aliphatic rings. The molecule has 3 aromatic rings. The number of anilines is 1. The Morgan fingerprint density at radius 2 is 1.84 bits per heavy atom. The van der Waals surface area contributed by atoms with E-state index >= 15 is 0 Å². The average molecular weight is 598 g/mol. The van der Waals surface area contributed by atoms with Crippen LogP contribution in [0, 0.1) is 11.6 Å². The molecule has 2 fully saturated rings. The summed E-state index contributed by atoms with van der Waals surface area (Å²) in [5.41, 5.74) is 1.38. The number of carbonyl (C=O) groups is 2. The SMILES string of the molecule is CC(Oc1ccc(F)c(F)c1)c1cc(C(=O)N2CCC(N(C)C(=O)OC(C)(C)C)C2)cc2ncc(N3CCOCC3)nc12. The Morgan fingerprint density at radius 1 is 1.09 bits per heavy atom. The lowest BCUT2D eigenvalue weighted by molar-refractivity contribution is 0.0226. The van der Waals surface area contributed by atoms with Gasteiger partial charge in [-0.1, -0.05) is 0 Å². The van der Waals surface area contributed by atoms with Crippen molar-refractivity contribution in [3.8, 4) is 5.75 Å². The highest BCUT2D eigenvalue weighted by molar-refractivity contribution is 5.98. The van der Waals surface area contributed by atoms with Gasteiger partial charge in [-0.3, -0.25) is 9.78 Å². The minimum atomic E-state index is -1.02. The molecule has 12 heteroatoms. The van der Waals surface area contributed by atoms with E-state index in [1.54, 1.807) is 42.1 Å². The molecule has 10 nitrogen and oxygen atoms in total. The van der Waals surface area contributed by atoms with Crippen LogP contribution in [0.25, 0.3) is 11.0 Å². The molecule has 0 radical (unpaired) electrons. The molecule has 1 aromatic heterocycles. The number of rotatable bonds is 6. The van der Waals surface area contributed by atoms with Crippen molar-refractivity contribution in [2.24, 2.45) is 0 Å². The molecular weight excluding hydrogens is 560 g/mol. The standard InChI is InChI=1S/C31H37F2N5O5/c1-19(42-22-6-7-24(32)25(33)16-22)23-14-20(15-26-28(23)35-27(17-34-26)37-10-12-41-13-11-37)29(39)38-9-8-21(18-38)36(5)30(40)43-31(2,3)4/h6-7,14-17,19,21H,8-13,18H2,1-5H3. The van der Waals surface area contributed by atoms with E-state index in [1.807, 2.05) is 20.8 Å². The van der Waals surface area contributed by atoms with Gasteiger partial charge in [0.2, 0.25) is 0 Å². The maximum Gasteiger partial charge on any atom is 0.410 e. The molecule has 2 unspecified atom stereocenters. The fourth-order valence-electron chi connectivity index (χ4n) is 5.24. The summed E-state index contributed by atoms with van der Waals surface area (Å²) in [7, 11) is 1.68. The van der Waals surface area contributed by atoms with E-state index in [2.05, 4.69) is 9.88 Å². The third-order valence-electron chi connectivity index (χ3n) is 7.57. The molecule has 3 heterocycles. The summed E-state index contributed by atoms with van der Waals surface area (Å²) in [6, 6.07) is 6.57. The lowest BCUT2D eigenvalue weighted by Crippen LogP contribution is -2.42. The van der Waals surface area contributed by atoms with Gasteiger partial charge in [0.1, 0.15) is 23.3 Å². The molecule has 0 saturated carbocycles. The summed E-state index contributed by atoms with van der Waals surface area (Å²) in [6.45, 7) is 10.5. The number of halogens is 2. The molecular formula is C31H37F2N5O5. The number of hydrogen-bond acceptors (Lipinski definition) is 8. The maximum atomic E-state index is 13.9. The lowest BCUT2D eigenvalue weighted by atomic mass is 10.0. The Morgan fingerprint density at radius 3 is 2.53 bits per heavy atom. The number of likely N-dealkylation sites (N-methyl/N-ethyl adjacent to an activating group) is 1. The number of fused-ring (bicyclic) bond motifs is 1. The van der Waals surface area contributed by atoms with Crippen molar-refractivity contribution in [2.45, 2.75) is 51.9 Å². The van der Waals surface area contributed by atoms with Gasteiger partial charge in [0, 0.05) is 50.4 Å². The van der Waals surface area contributed by atoms with Crippen LogP contribution in [0.2, 0.25) is 0 Å². The summed E-state index contributed by atoms with van der Waals surface area (Å²) in [5.74, 6) is -1.40. The van der Waals surface area contributed by atoms with Gasteiger partial charge in [-0.15, -0.1) is 0 Å². The molecule has 0 bridgehead atoms. The van der Waals surface area contributed by atoms with E-state index in [4.69, 9.17) is 19.2 Å². The molecule has 0 N–H and O–H groups in total. The maximum absolute atomic E-state index is 13.9. The molecule has 0 spiro atoms. The van der Waals surface area contributed by atoms with E-state index in [1.165, 1.54) is 6.07 Å². The molecule has 2 aliphatic heterocycles. The predicted molar refractivity (Wildman–Crippen MR) is 156 cm³/mol. The number of morpholine rings is 1. The fraction of sp³-hybridized carbons (Fsp3) is 0.484. The van der Waals surface area contributed by atoms with Gasteiger partial charge in [0.15, 0.2) is 11.6 Å². The van der Waals surface area contributed by atoms with E-state index in [0.29, 0.717) is 73.8 Å². The Kier molecular flexibility index (Phi) is 8.68. The molecule has 0 aliphatic carbocycles. The first kappa shape index (κ1) is 30.4. The number of likely N-dealkylation sites (tertiary alicyclic amines) is 1. The first-order valence-electron chi connectivity index (χ1n) is 14.4. The normalized spacial score (nSPS) is 18.1. The van der Waals surface area contributed by atoms with E-state index in [0.717, 1.165) is 12.1 Å². The highest BCUT2D eigenvalue weighted by atomic mass is 19.2. The number of nitrogens with zero attached hydrogens (tertiary/aromatic N) is 5. The predicted octanol–water partition coefficient (Wildman–Crippen LogP) is 4.97. The minimum Gasteiger partial charge on any atom is -0.486 e. The van der Waals surface area contributed by atoms with Gasteiger partial charge in [-0.05, 0) is 58.4 Å². The number of benzene rings is 2. The Labute approximate surface area is 249 Å². The summed E-state index contributed by atoms with van der Waals surface area (Å²) in [4.78, 5) is 41.2. The van der Waals surface area contributed by atoms with Crippen molar-refractivity contribution in [1.29, 1.82) is 0 Å². The van der Waals surface area contributed by atoms with Gasteiger partial charge >= 0.3 is 6.09 Å². The van der Waals surface area contributed by atoms with Crippen molar-refractivity contribution in [3.05, 3.63) is 59.3 Å². The Bertz CT molecular complexity index is 1510. The monoisotopic (exact) mass is 597 g/mol. The smallest absolute Gasteiger partial charge is 0.410 e. The summed E-state index contributed by atoms with van der Waals surface area (Å²) in [6.07, 6.45) is 1.17. The van der Waals surface area contributed by atoms with Crippen molar-refractivity contribution in [1.82, 2.24) is 19.8 Å². The van der Waals surface area contributed by atoms with Crippen molar-refractivity contribution in [3.63, 3.8) is 0 Å². The first-order valence-corrected chi connectivity index (χ1v) is 14.4. The van der Waals surface area contributed by atoms with Gasteiger partial charge in [-0.25, -0.2) is 18.6 Å². The van der Waals surface area contributed by atoms with Crippen LogP contribution in [0.15, 0.2) is 36.5 Å². The van der Waals surface area contributed by atoms with E-state index < -0.39 is 29.4 Å². The number of hydrogen-bond donors (Lipinski definition) is 0. The van der Waals surface area contributed by atoms with Crippen LogP contribution < -0.4 is 9.64 Å². The second-order valence-corrected chi connectivity index (χ2v) is 11.9. The summed E-state index contributed by atoms with van der Waals surface area (Å²) >= 11 is 0. The topological polar surface area (TPSA) is 97.3 Å². The minimum absolute atomic E-state index is 0.140. The third kappa shape index (κ3) is 6.96. The number of aromatic nitrogens is 2. The van der Waals surface area contributed by atoms with Crippen LogP contribution in [0.1, 0.15) is 56.1 Å². The number of carbonyl (C=O) groups excluding carboxylic acids is 2. The average Bonchev–Trinajstić information content (AvgIpc) is 3.47. The highest BCUT2D eigenvalue weighted by Gasteiger charge is 2.34. The molecule has 230 valence electrons. The summed E-state index contributed by atoms with van der Waals surface area (Å²) in [5, 5.41) is 0. The lowest BCUT2D eigenvalue weighted by Gasteiger charge is -2.28. The van der Waals surface area contributed by atoms with Crippen molar-refractivity contribution >= 4 is 28.9 Å². The quantitative estimate of drug-likeness (QED) is 0.393. The zero-order valence-electron chi connectivity index (χ0n) is 25.1. The number of amides is 2. The van der Waals surface area contributed by atoms with Gasteiger partial charge in [0.05, 0.1) is 36.5 Å². The van der Waals surface area contributed by atoms with Crippen LogP contribution >= 0.6 is 0 Å². The molecule has 2 amide bonds. The van der Waals surface area contributed by atoms with Gasteiger partial charge < -0.3 is 28.9 Å². The molecule has 2 saturated heterocycles. The van der Waals surface area contributed by atoms with Crippen LogP contribution in [0.5, 0.6) is 5.75 Å². The third-order valence-corrected chi connectivity index (χ3v) is 7.57. The molecule has 2 atom stereocenters. The number of ether oxygens (including phenoxy) is 3. The molecule has 2 aromatic carbocycles. The van der Waals surface area contributed by atoms with Crippen LogP contribution in [0.3, 0.4) is 0 Å². The zero-order chi connectivity index (χ0) is 30.9. The van der Waals surface area contributed by atoms with Gasteiger partial charge in [-0.2, -0.15) is 0 Å². The Hall–Kier alpha value is -4.06. The Balaban J connectivity index is 1.44. The second-order valence-electron chi connectivity index (χ2n) is 11.9.